The van der Waals surface area contributed by atoms with Gasteiger partial charge in [0.15, 0.2) is 6.26 Å². The molecule has 3 nitrogen and oxygen atoms in total. The van der Waals surface area contributed by atoms with E-state index in [4.69, 9.17) is 0 Å². The predicted molar refractivity (Wildman–Crippen MR) is 33.6 cm³/mol. The quantitative estimate of drug-likeness (QED) is 0.503. The van der Waals surface area contributed by atoms with Crippen LogP contribution in [-0.4, -0.2) is 13.1 Å². The lowest BCUT2D eigenvalue weighted by Crippen LogP contribution is -2.06. The van der Waals surface area contributed by atoms with Crippen molar-refractivity contribution in [3.63, 3.8) is 0 Å². The second-order valence-electron chi connectivity index (χ2n) is 1.77. The molecule has 0 N–H and O–H groups in total. The van der Waals surface area contributed by atoms with Crippen molar-refractivity contribution >= 4 is 5.97 Å². The van der Waals surface area contributed by atoms with Crippen molar-refractivity contribution in [1.82, 2.24) is 0 Å². The van der Waals surface area contributed by atoms with Crippen molar-refractivity contribution in [3.8, 4) is 0 Å². The Kier molecular flexibility index (Phi) is 2.10. The van der Waals surface area contributed by atoms with Gasteiger partial charge in [0.2, 0.25) is 0 Å². The van der Waals surface area contributed by atoms with Crippen LogP contribution in [0.4, 0.5) is 0 Å². The Labute approximate surface area is 58.9 Å². The molecule has 0 aromatic carbocycles. The molecule has 10 heavy (non-hydrogen) atoms. The highest BCUT2D eigenvalue weighted by Crippen LogP contribution is 2.08. The number of esters is 1. The minimum absolute atomic E-state index is 0.385. The second-order valence-corrected chi connectivity index (χ2v) is 1.77. The summed E-state index contributed by atoms with van der Waals surface area (Å²) in [6, 6.07) is 0. The Morgan fingerprint density at radius 3 is 3.20 bits per heavy atom. The van der Waals surface area contributed by atoms with Crippen LogP contribution in [0.3, 0.4) is 0 Å². The largest absolute Gasteiger partial charge is 0.466 e. The molecule has 0 amide bonds. The van der Waals surface area contributed by atoms with E-state index in [2.05, 4.69) is 15.7 Å². The van der Waals surface area contributed by atoms with Crippen molar-refractivity contribution in [2.24, 2.45) is 0 Å². The number of ether oxygens (including phenoxy) is 2. The lowest BCUT2D eigenvalue weighted by atomic mass is 10.2. The Bertz CT molecular complexity index is 191. The van der Waals surface area contributed by atoms with E-state index in [0.29, 0.717) is 12.0 Å². The standard InChI is InChI=1S/C7H7O3/c1-9-7(8)6-3-2-4-10-5-6/h2,4H,3H2,1H3. The lowest BCUT2D eigenvalue weighted by molar-refractivity contribution is -0.136. The van der Waals surface area contributed by atoms with E-state index < -0.39 is 0 Å². The Hall–Kier alpha value is -1.25. The molecule has 0 aliphatic carbocycles. The summed E-state index contributed by atoms with van der Waals surface area (Å²) in [5.74, 6) is -0.385. The summed E-state index contributed by atoms with van der Waals surface area (Å²) < 4.78 is 9.07. The lowest BCUT2D eigenvalue weighted by Gasteiger charge is -2.03. The summed E-state index contributed by atoms with van der Waals surface area (Å²) in [6.07, 6.45) is 6.16. The molecule has 0 unspecified atom stereocenters. The van der Waals surface area contributed by atoms with Gasteiger partial charge in [0.25, 0.3) is 0 Å². The first-order chi connectivity index (χ1) is 4.84. The smallest absolute Gasteiger partial charge is 0.337 e. The maximum absolute atomic E-state index is 10.7. The van der Waals surface area contributed by atoms with E-state index in [1.807, 2.05) is 0 Å². The highest BCUT2D eigenvalue weighted by molar-refractivity contribution is 5.87. The van der Waals surface area contributed by atoms with E-state index in [-0.39, 0.29) is 5.97 Å². The molecular formula is C7H7O3. The van der Waals surface area contributed by atoms with Crippen LogP contribution in [0.25, 0.3) is 0 Å². The van der Waals surface area contributed by atoms with Crippen LogP contribution >= 0.6 is 0 Å². The summed E-state index contributed by atoms with van der Waals surface area (Å²) in [7, 11) is 1.33. The van der Waals surface area contributed by atoms with Gasteiger partial charge in [-0.05, 0) is 6.08 Å². The SMILES string of the molecule is COC(=O)C1=[C]OC=CC1. The molecule has 1 radical (unpaired) electrons. The maximum atomic E-state index is 10.7. The molecule has 0 spiro atoms. The van der Waals surface area contributed by atoms with Gasteiger partial charge in [-0.25, -0.2) is 4.79 Å². The van der Waals surface area contributed by atoms with E-state index in [1.165, 1.54) is 13.4 Å². The minimum atomic E-state index is -0.385. The fourth-order valence-corrected chi connectivity index (χ4v) is 0.609. The zero-order valence-electron chi connectivity index (χ0n) is 5.59. The molecule has 1 rings (SSSR count). The Balaban J connectivity index is 2.56. The zero-order valence-corrected chi connectivity index (χ0v) is 5.59. The van der Waals surface area contributed by atoms with Gasteiger partial charge in [-0.1, -0.05) is 0 Å². The average Bonchev–Trinajstić information content (AvgIpc) is 2.05. The molecular weight excluding hydrogens is 132 g/mol. The molecule has 0 atom stereocenters. The van der Waals surface area contributed by atoms with Crippen LogP contribution in [0.2, 0.25) is 0 Å². The van der Waals surface area contributed by atoms with Crippen LogP contribution in [-0.2, 0) is 14.3 Å². The molecule has 0 saturated heterocycles. The molecule has 0 fully saturated rings. The van der Waals surface area contributed by atoms with Crippen LogP contribution < -0.4 is 0 Å². The third kappa shape index (κ3) is 1.37. The third-order valence-electron chi connectivity index (χ3n) is 1.10. The van der Waals surface area contributed by atoms with Crippen molar-refractivity contribution < 1.29 is 14.3 Å². The first kappa shape index (κ1) is 6.86. The van der Waals surface area contributed by atoms with Crippen LogP contribution in [0, 0.1) is 6.26 Å². The highest BCUT2D eigenvalue weighted by atomic mass is 16.5. The van der Waals surface area contributed by atoms with Crippen molar-refractivity contribution in [2.45, 2.75) is 6.42 Å². The Morgan fingerprint density at radius 1 is 1.90 bits per heavy atom. The van der Waals surface area contributed by atoms with Crippen molar-refractivity contribution in [1.29, 1.82) is 0 Å². The number of methoxy groups -OCH3 is 1. The topological polar surface area (TPSA) is 35.5 Å². The monoisotopic (exact) mass is 139 g/mol. The van der Waals surface area contributed by atoms with Crippen LogP contribution in [0.15, 0.2) is 17.9 Å². The fourth-order valence-electron chi connectivity index (χ4n) is 0.609. The zero-order chi connectivity index (χ0) is 7.40. The average molecular weight is 139 g/mol. The number of carbonyl (C=O) groups excluding carboxylic acids is 1. The van der Waals surface area contributed by atoms with Gasteiger partial charge in [0.05, 0.1) is 18.9 Å². The summed E-state index contributed by atoms with van der Waals surface area (Å²) in [6.45, 7) is 0. The summed E-state index contributed by atoms with van der Waals surface area (Å²) in [4.78, 5) is 10.7. The van der Waals surface area contributed by atoms with Crippen molar-refractivity contribution in [2.75, 3.05) is 7.11 Å². The molecule has 3 heteroatoms. The highest BCUT2D eigenvalue weighted by Gasteiger charge is 2.10. The molecule has 0 bridgehead atoms. The first-order valence-corrected chi connectivity index (χ1v) is 2.85. The van der Waals surface area contributed by atoms with E-state index in [1.54, 1.807) is 6.08 Å². The molecule has 0 saturated carbocycles. The molecule has 1 aliphatic rings. The normalized spacial score (nSPS) is 15.5. The molecule has 53 valence electrons. The van der Waals surface area contributed by atoms with Gasteiger partial charge in [0.1, 0.15) is 0 Å². The van der Waals surface area contributed by atoms with Crippen LogP contribution in [0.1, 0.15) is 6.42 Å². The summed E-state index contributed by atoms with van der Waals surface area (Å²) in [5, 5.41) is 0. The van der Waals surface area contributed by atoms with Crippen LogP contribution in [0.5, 0.6) is 0 Å². The molecule has 1 aliphatic heterocycles. The summed E-state index contributed by atoms with van der Waals surface area (Å²) >= 11 is 0. The second kappa shape index (κ2) is 3.06. The van der Waals surface area contributed by atoms with Gasteiger partial charge in [-0.2, -0.15) is 0 Å². The fraction of sp³-hybridized carbons (Fsp3) is 0.286. The van der Waals surface area contributed by atoms with E-state index in [0.717, 1.165) is 0 Å². The van der Waals surface area contributed by atoms with Gasteiger partial charge >= 0.3 is 5.97 Å². The van der Waals surface area contributed by atoms with E-state index in [9.17, 15) is 4.79 Å². The Morgan fingerprint density at radius 2 is 2.70 bits per heavy atom. The number of hydrogen-bond donors (Lipinski definition) is 0. The predicted octanol–water partition coefficient (Wildman–Crippen LogP) is 0.780. The number of hydrogen-bond acceptors (Lipinski definition) is 3. The number of allylic oxidation sites excluding steroid dienone is 1. The molecule has 1 heterocycles. The molecule has 0 aromatic heterocycles. The first-order valence-electron chi connectivity index (χ1n) is 2.85. The van der Waals surface area contributed by atoms with E-state index >= 15 is 0 Å². The minimum Gasteiger partial charge on any atom is -0.466 e. The number of rotatable bonds is 1. The van der Waals surface area contributed by atoms with Gasteiger partial charge in [0, 0.05) is 6.42 Å². The van der Waals surface area contributed by atoms with Gasteiger partial charge in [-0.15, -0.1) is 0 Å². The van der Waals surface area contributed by atoms with Crippen molar-refractivity contribution in [3.05, 3.63) is 24.2 Å². The number of carbonyl (C=O) groups is 1. The maximum Gasteiger partial charge on any atom is 0.337 e. The van der Waals surface area contributed by atoms with Gasteiger partial charge < -0.3 is 9.47 Å². The van der Waals surface area contributed by atoms with Gasteiger partial charge in [-0.3, -0.25) is 0 Å². The third-order valence-corrected chi connectivity index (χ3v) is 1.10. The molecule has 0 aromatic rings. The summed E-state index contributed by atoms with van der Waals surface area (Å²) in [5.41, 5.74) is 0.421.